The Kier molecular flexibility index (Phi) is 7.86. The van der Waals surface area contributed by atoms with Crippen LogP contribution >= 0.6 is 0 Å². The Bertz CT molecular complexity index is 1380. The van der Waals surface area contributed by atoms with Crippen molar-refractivity contribution >= 4 is 15.9 Å². The quantitative estimate of drug-likeness (QED) is 0.384. The van der Waals surface area contributed by atoms with Gasteiger partial charge in [0.2, 0.25) is 15.9 Å². The molecule has 1 aliphatic carbocycles. The second-order valence-corrected chi connectivity index (χ2v) is 10.2. The van der Waals surface area contributed by atoms with Gasteiger partial charge in [0, 0.05) is 23.4 Å². The number of hydrogen-bond acceptors (Lipinski definition) is 7. The number of aromatic nitrogens is 1. The summed E-state index contributed by atoms with van der Waals surface area (Å²) in [6, 6.07) is 12.0. The van der Waals surface area contributed by atoms with Crippen LogP contribution in [0.3, 0.4) is 0 Å². The second kappa shape index (κ2) is 11.1. The number of nitrogens with zero attached hydrogens (tertiary/aromatic N) is 1. The third-order valence-electron chi connectivity index (χ3n) is 5.35. The molecule has 0 unspecified atom stereocenters. The molecule has 0 atom stereocenters. The van der Waals surface area contributed by atoms with Crippen molar-refractivity contribution in [1.29, 1.82) is 0 Å². The van der Waals surface area contributed by atoms with Crippen LogP contribution in [0.15, 0.2) is 54.7 Å². The zero-order valence-corrected chi connectivity index (χ0v) is 20.4. The molecule has 0 spiro atoms. The Morgan fingerprint density at radius 1 is 1.11 bits per heavy atom. The molecule has 37 heavy (non-hydrogen) atoms. The maximum atomic E-state index is 14.6. The van der Waals surface area contributed by atoms with Crippen LogP contribution in [0.5, 0.6) is 17.4 Å². The Labute approximate surface area is 211 Å². The first-order valence-corrected chi connectivity index (χ1v) is 13.1. The zero-order valence-electron chi connectivity index (χ0n) is 19.6. The largest absolute Gasteiger partial charge is 0.489 e. The lowest BCUT2D eigenvalue weighted by Gasteiger charge is -2.15. The highest BCUT2D eigenvalue weighted by Gasteiger charge is 2.22. The van der Waals surface area contributed by atoms with Gasteiger partial charge in [-0.05, 0) is 54.7 Å². The fraction of sp³-hybridized carbons (Fsp3) is 0.280. The van der Waals surface area contributed by atoms with E-state index in [0.717, 1.165) is 17.2 Å². The number of benzene rings is 2. The van der Waals surface area contributed by atoms with Crippen molar-refractivity contribution in [3.05, 3.63) is 71.7 Å². The van der Waals surface area contributed by atoms with Crippen molar-refractivity contribution in [2.24, 2.45) is 5.92 Å². The lowest BCUT2D eigenvalue weighted by molar-refractivity contribution is -0.0509. The van der Waals surface area contributed by atoms with Gasteiger partial charge in [0.25, 0.3) is 5.91 Å². The zero-order chi connectivity index (χ0) is 26.6. The van der Waals surface area contributed by atoms with Gasteiger partial charge in [-0.3, -0.25) is 4.79 Å². The summed E-state index contributed by atoms with van der Waals surface area (Å²) < 4.78 is 80.4. The normalized spacial score (nSPS) is 13.3. The predicted octanol–water partition coefficient (Wildman–Crippen LogP) is 4.55. The van der Waals surface area contributed by atoms with Crippen molar-refractivity contribution in [2.75, 3.05) is 12.9 Å². The van der Waals surface area contributed by atoms with Gasteiger partial charge in [0.1, 0.15) is 23.9 Å². The number of amides is 1. The number of hydrogen-bond donors (Lipinski definition) is 1. The van der Waals surface area contributed by atoms with Crippen molar-refractivity contribution < 1.29 is 40.6 Å². The third kappa shape index (κ3) is 7.59. The third-order valence-corrected chi connectivity index (χ3v) is 5.91. The minimum atomic E-state index is -4.01. The summed E-state index contributed by atoms with van der Waals surface area (Å²) in [6.07, 6.45) is 4.71. The Morgan fingerprint density at radius 3 is 2.54 bits per heavy atom. The van der Waals surface area contributed by atoms with Crippen LogP contribution in [-0.2, 0) is 16.6 Å². The number of alkyl halides is 2. The van der Waals surface area contributed by atoms with Crippen LogP contribution < -0.4 is 18.9 Å². The van der Waals surface area contributed by atoms with E-state index in [2.05, 4.69) is 9.72 Å². The molecule has 0 radical (unpaired) electrons. The van der Waals surface area contributed by atoms with Gasteiger partial charge < -0.3 is 14.2 Å². The van der Waals surface area contributed by atoms with Crippen LogP contribution in [0.2, 0.25) is 0 Å². The molecule has 1 fully saturated rings. The van der Waals surface area contributed by atoms with Gasteiger partial charge in [-0.2, -0.15) is 8.78 Å². The molecule has 1 amide bonds. The molecule has 0 bridgehead atoms. The van der Waals surface area contributed by atoms with Gasteiger partial charge >= 0.3 is 6.61 Å². The maximum absolute atomic E-state index is 14.6. The van der Waals surface area contributed by atoms with Gasteiger partial charge in [0.15, 0.2) is 0 Å². The van der Waals surface area contributed by atoms with Crippen LogP contribution in [0.1, 0.15) is 28.8 Å². The first-order chi connectivity index (χ1) is 17.6. The van der Waals surface area contributed by atoms with Gasteiger partial charge in [-0.25, -0.2) is 22.5 Å². The lowest BCUT2D eigenvalue weighted by Crippen LogP contribution is -2.30. The number of nitrogens with one attached hydrogen (secondary N) is 1. The van der Waals surface area contributed by atoms with E-state index in [1.807, 2.05) is 12.1 Å². The van der Waals surface area contributed by atoms with E-state index in [1.165, 1.54) is 12.8 Å². The summed E-state index contributed by atoms with van der Waals surface area (Å²) in [7, 11) is -4.01. The minimum Gasteiger partial charge on any atom is -0.489 e. The fourth-order valence-corrected chi connectivity index (χ4v) is 3.81. The molecule has 3 aromatic rings. The topological polar surface area (TPSA) is 104 Å². The Hall–Kier alpha value is -3.80. The SMILES string of the molecule is CS(=O)(=O)NC(=O)c1cc(OC(F)F)c(COc2cccc(-c3ccc(OCC4CC4)nc3)c2)cc1F. The summed E-state index contributed by atoms with van der Waals surface area (Å²) in [5.74, 6) is -1.49. The molecule has 1 N–H and O–H groups in total. The van der Waals surface area contributed by atoms with Crippen molar-refractivity contribution in [1.82, 2.24) is 9.71 Å². The van der Waals surface area contributed by atoms with Crippen LogP contribution in [0.4, 0.5) is 13.2 Å². The van der Waals surface area contributed by atoms with E-state index < -0.39 is 39.7 Å². The van der Waals surface area contributed by atoms with E-state index >= 15 is 0 Å². The highest BCUT2D eigenvalue weighted by atomic mass is 32.2. The highest BCUT2D eigenvalue weighted by molar-refractivity contribution is 7.89. The number of carbonyl (C=O) groups excluding carboxylic acids is 1. The van der Waals surface area contributed by atoms with E-state index in [-0.39, 0.29) is 12.2 Å². The molecule has 8 nitrogen and oxygen atoms in total. The molecule has 1 heterocycles. The summed E-state index contributed by atoms with van der Waals surface area (Å²) in [6.45, 7) is -3.00. The number of pyridine rings is 1. The van der Waals surface area contributed by atoms with Crippen molar-refractivity contribution in [2.45, 2.75) is 26.1 Å². The summed E-state index contributed by atoms with van der Waals surface area (Å²) >= 11 is 0. The monoisotopic (exact) mass is 536 g/mol. The summed E-state index contributed by atoms with van der Waals surface area (Å²) in [5.41, 5.74) is 0.668. The van der Waals surface area contributed by atoms with Crippen LogP contribution in [0.25, 0.3) is 11.1 Å². The van der Waals surface area contributed by atoms with E-state index in [9.17, 15) is 26.4 Å². The number of halogens is 3. The van der Waals surface area contributed by atoms with Crippen molar-refractivity contribution in [3.8, 4) is 28.5 Å². The molecule has 196 valence electrons. The number of carbonyl (C=O) groups is 1. The van der Waals surface area contributed by atoms with Gasteiger partial charge in [-0.1, -0.05) is 12.1 Å². The Balaban J connectivity index is 1.49. The van der Waals surface area contributed by atoms with Gasteiger partial charge in [-0.15, -0.1) is 0 Å². The van der Waals surface area contributed by atoms with Crippen LogP contribution in [0, 0.1) is 11.7 Å². The van der Waals surface area contributed by atoms with Gasteiger partial charge in [0.05, 0.1) is 18.4 Å². The smallest absolute Gasteiger partial charge is 0.387 e. The number of sulfonamides is 1. The number of ether oxygens (including phenoxy) is 3. The average Bonchev–Trinajstić information content (AvgIpc) is 3.66. The van der Waals surface area contributed by atoms with E-state index in [0.29, 0.717) is 36.5 Å². The molecule has 2 aromatic carbocycles. The molecular formula is C25H23F3N2O6S. The molecule has 0 aliphatic heterocycles. The molecule has 1 aromatic heterocycles. The van der Waals surface area contributed by atoms with E-state index in [4.69, 9.17) is 9.47 Å². The predicted molar refractivity (Wildman–Crippen MR) is 128 cm³/mol. The molecule has 0 saturated heterocycles. The minimum absolute atomic E-state index is 0.113. The summed E-state index contributed by atoms with van der Waals surface area (Å²) in [4.78, 5) is 16.4. The fourth-order valence-electron chi connectivity index (χ4n) is 3.36. The van der Waals surface area contributed by atoms with Crippen molar-refractivity contribution in [3.63, 3.8) is 0 Å². The molecule has 1 saturated carbocycles. The second-order valence-electron chi connectivity index (χ2n) is 8.48. The molecular weight excluding hydrogens is 513 g/mol. The number of rotatable bonds is 11. The highest BCUT2D eigenvalue weighted by Crippen LogP contribution is 2.31. The molecule has 12 heteroatoms. The summed E-state index contributed by atoms with van der Waals surface area (Å²) in [5, 5.41) is 0. The first kappa shape index (κ1) is 26.3. The average molecular weight is 537 g/mol. The standard InChI is InChI=1S/C25H23F3N2O6S/c1-37(32,33)30-24(31)20-11-22(36-25(27)28)18(10-21(20)26)14-34-19-4-2-3-16(9-19)17-7-8-23(29-12-17)35-13-15-5-6-15/h2-4,7-12,15,25H,5-6,13-14H2,1H3,(H,30,31). The molecule has 4 rings (SSSR count). The van der Waals surface area contributed by atoms with E-state index in [1.54, 1.807) is 35.2 Å². The Morgan fingerprint density at radius 2 is 1.89 bits per heavy atom. The molecule has 1 aliphatic rings. The lowest BCUT2D eigenvalue weighted by atomic mass is 10.1. The maximum Gasteiger partial charge on any atom is 0.387 e. The van der Waals surface area contributed by atoms with Crippen LogP contribution in [-0.4, -0.2) is 38.8 Å². The first-order valence-electron chi connectivity index (χ1n) is 11.2.